The van der Waals surface area contributed by atoms with Crippen molar-refractivity contribution in [3.05, 3.63) is 12.7 Å². The summed E-state index contributed by atoms with van der Waals surface area (Å²) in [4.78, 5) is 14.4. The van der Waals surface area contributed by atoms with Gasteiger partial charge in [0.15, 0.2) is 0 Å². The highest BCUT2D eigenvalue weighted by molar-refractivity contribution is 5.76. The van der Waals surface area contributed by atoms with Crippen molar-refractivity contribution >= 4 is 5.97 Å². The molecular weight excluding hydrogens is 238 g/mol. The van der Waals surface area contributed by atoms with Gasteiger partial charge in [-0.25, -0.2) is 0 Å². The fourth-order valence-corrected chi connectivity index (χ4v) is 2.51. The fraction of sp³-hybridized carbons (Fsp3) is 0.812. The molecule has 1 saturated heterocycles. The van der Waals surface area contributed by atoms with Crippen LogP contribution in [-0.4, -0.2) is 35.6 Å². The van der Waals surface area contributed by atoms with Crippen molar-refractivity contribution in [2.45, 2.75) is 70.9 Å². The van der Waals surface area contributed by atoms with Crippen LogP contribution < -0.4 is 0 Å². The van der Waals surface area contributed by atoms with E-state index in [1.165, 1.54) is 12.8 Å². The maximum atomic E-state index is 12.1. The van der Waals surface area contributed by atoms with Gasteiger partial charge in [-0.2, -0.15) is 0 Å². The number of hydrogen-bond donors (Lipinski definition) is 0. The Kier molecular flexibility index (Phi) is 6.56. The Morgan fingerprint density at radius 2 is 2.11 bits per heavy atom. The molecule has 1 aliphatic rings. The maximum Gasteiger partial charge on any atom is 0.323 e. The first kappa shape index (κ1) is 16.2. The summed E-state index contributed by atoms with van der Waals surface area (Å²) in [5.74, 6) is -0.0453. The van der Waals surface area contributed by atoms with Crippen molar-refractivity contribution < 1.29 is 9.53 Å². The van der Waals surface area contributed by atoms with Gasteiger partial charge >= 0.3 is 5.97 Å². The summed E-state index contributed by atoms with van der Waals surface area (Å²) in [5.41, 5.74) is -0.380. The van der Waals surface area contributed by atoms with Crippen LogP contribution >= 0.6 is 0 Å². The predicted octanol–water partition coefficient (Wildman–Crippen LogP) is 3.54. The smallest absolute Gasteiger partial charge is 0.323 e. The van der Waals surface area contributed by atoms with E-state index in [-0.39, 0.29) is 17.6 Å². The van der Waals surface area contributed by atoms with E-state index < -0.39 is 0 Å². The van der Waals surface area contributed by atoms with Crippen molar-refractivity contribution in [3.63, 3.8) is 0 Å². The lowest BCUT2D eigenvalue weighted by atomic mass is 10.1. The monoisotopic (exact) mass is 267 g/mol. The molecule has 0 saturated carbocycles. The largest absolute Gasteiger partial charge is 0.459 e. The predicted molar refractivity (Wildman–Crippen MR) is 79.1 cm³/mol. The SMILES string of the molecule is C=CCCCCCN1CCC[C@@H]1C(=O)OC(C)(C)C. The molecule has 19 heavy (non-hydrogen) atoms. The average molecular weight is 267 g/mol. The number of ether oxygens (including phenoxy) is 1. The minimum Gasteiger partial charge on any atom is -0.459 e. The van der Waals surface area contributed by atoms with E-state index >= 15 is 0 Å². The number of carbonyl (C=O) groups excluding carboxylic acids is 1. The molecule has 0 unspecified atom stereocenters. The molecule has 3 nitrogen and oxygen atoms in total. The molecule has 1 fully saturated rings. The summed E-state index contributed by atoms with van der Waals surface area (Å²) in [5, 5.41) is 0. The van der Waals surface area contributed by atoms with Crippen LogP contribution in [0.5, 0.6) is 0 Å². The van der Waals surface area contributed by atoms with E-state index in [4.69, 9.17) is 4.74 Å². The molecule has 0 aromatic rings. The summed E-state index contributed by atoms with van der Waals surface area (Å²) in [7, 11) is 0. The Morgan fingerprint density at radius 1 is 1.37 bits per heavy atom. The van der Waals surface area contributed by atoms with Crippen LogP contribution in [0.1, 0.15) is 59.3 Å². The highest BCUT2D eigenvalue weighted by atomic mass is 16.6. The molecule has 110 valence electrons. The van der Waals surface area contributed by atoms with Crippen molar-refractivity contribution in [3.8, 4) is 0 Å². The van der Waals surface area contributed by atoms with Crippen molar-refractivity contribution in [1.82, 2.24) is 4.90 Å². The van der Waals surface area contributed by atoms with Gasteiger partial charge < -0.3 is 4.74 Å². The lowest BCUT2D eigenvalue weighted by Crippen LogP contribution is -2.40. The second-order valence-corrected chi connectivity index (χ2v) is 6.37. The lowest BCUT2D eigenvalue weighted by molar-refractivity contribution is -0.160. The number of nitrogens with zero attached hydrogens (tertiary/aromatic N) is 1. The Labute approximate surface area is 118 Å². The van der Waals surface area contributed by atoms with Crippen molar-refractivity contribution in [2.75, 3.05) is 13.1 Å². The minimum atomic E-state index is -0.380. The highest BCUT2D eigenvalue weighted by Gasteiger charge is 2.33. The molecule has 3 heteroatoms. The molecule has 1 heterocycles. The standard InChI is InChI=1S/C16H29NO2/c1-5-6-7-8-9-12-17-13-10-11-14(17)15(18)19-16(2,3)4/h5,14H,1,6-13H2,2-4H3/t14-/m1/s1. The molecule has 0 aromatic carbocycles. The van der Waals surface area contributed by atoms with Gasteiger partial charge in [-0.05, 0) is 66.0 Å². The molecule has 0 radical (unpaired) electrons. The molecule has 1 rings (SSSR count). The van der Waals surface area contributed by atoms with Gasteiger partial charge in [0, 0.05) is 0 Å². The van der Waals surface area contributed by atoms with E-state index in [1.807, 2.05) is 26.8 Å². The lowest BCUT2D eigenvalue weighted by Gasteiger charge is -2.27. The van der Waals surface area contributed by atoms with Crippen LogP contribution in [0.4, 0.5) is 0 Å². The molecule has 0 N–H and O–H groups in total. The van der Waals surface area contributed by atoms with E-state index in [1.54, 1.807) is 0 Å². The summed E-state index contributed by atoms with van der Waals surface area (Å²) < 4.78 is 5.50. The number of allylic oxidation sites excluding steroid dienone is 1. The normalized spacial score (nSPS) is 20.5. The third-order valence-electron chi connectivity index (χ3n) is 3.40. The molecule has 0 bridgehead atoms. The van der Waals surface area contributed by atoms with Crippen LogP contribution in [0.3, 0.4) is 0 Å². The zero-order chi connectivity index (χ0) is 14.3. The zero-order valence-corrected chi connectivity index (χ0v) is 12.8. The topological polar surface area (TPSA) is 29.5 Å². The molecule has 0 amide bonds. The Morgan fingerprint density at radius 3 is 2.74 bits per heavy atom. The first-order valence-electron chi connectivity index (χ1n) is 7.52. The van der Waals surface area contributed by atoms with Crippen LogP contribution in [0, 0.1) is 0 Å². The van der Waals surface area contributed by atoms with Gasteiger partial charge in [0.2, 0.25) is 0 Å². The number of esters is 1. The quantitative estimate of drug-likeness (QED) is 0.401. The van der Waals surface area contributed by atoms with Crippen molar-refractivity contribution in [2.24, 2.45) is 0 Å². The van der Waals surface area contributed by atoms with Crippen LogP contribution in [-0.2, 0) is 9.53 Å². The number of likely N-dealkylation sites (tertiary alicyclic amines) is 1. The molecule has 1 atom stereocenters. The summed E-state index contributed by atoms with van der Waals surface area (Å²) in [6, 6.07) is -0.0152. The average Bonchev–Trinajstić information content (AvgIpc) is 2.75. The third kappa shape index (κ3) is 6.24. The number of hydrogen-bond acceptors (Lipinski definition) is 3. The summed E-state index contributed by atoms with van der Waals surface area (Å²) in [6.07, 6.45) is 8.69. The van der Waals surface area contributed by atoms with Gasteiger partial charge in [-0.15, -0.1) is 6.58 Å². The van der Waals surface area contributed by atoms with Gasteiger partial charge in [0.25, 0.3) is 0 Å². The fourth-order valence-electron chi connectivity index (χ4n) is 2.51. The van der Waals surface area contributed by atoms with Crippen LogP contribution in [0.15, 0.2) is 12.7 Å². The first-order chi connectivity index (χ1) is 8.94. The Bertz CT molecular complexity index is 294. The van der Waals surface area contributed by atoms with Gasteiger partial charge in [0.1, 0.15) is 11.6 Å². The second kappa shape index (κ2) is 7.68. The molecule has 0 aromatic heterocycles. The third-order valence-corrected chi connectivity index (χ3v) is 3.40. The second-order valence-electron chi connectivity index (χ2n) is 6.37. The number of carbonyl (C=O) groups is 1. The molecule has 1 aliphatic heterocycles. The number of unbranched alkanes of at least 4 members (excludes halogenated alkanes) is 3. The van der Waals surface area contributed by atoms with Gasteiger partial charge in [-0.3, -0.25) is 9.69 Å². The van der Waals surface area contributed by atoms with Crippen molar-refractivity contribution in [1.29, 1.82) is 0 Å². The van der Waals surface area contributed by atoms with Gasteiger partial charge in [-0.1, -0.05) is 12.5 Å². The summed E-state index contributed by atoms with van der Waals surface area (Å²) >= 11 is 0. The molecule has 0 spiro atoms. The van der Waals surface area contributed by atoms with Crippen LogP contribution in [0.2, 0.25) is 0 Å². The number of rotatable bonds is 7. The Hall–Kier alpha value is -0.830. The van der Waals surface area contributed by atoms with E-state index in [0.717, 1.165) is 38.8 Å². The van der Waals surface area contributed by atoms with E-state index in [2.05, 4.69) is 11.5 Å². The molecule has 0 aliphatic carbocycles. The van der Waals surface area contributed by atoms with Gasteiger partial charge in [0.05, 0.1) is 0 Å². The Balaban J connectivity index is 2.32. The molecular formula is C16H29NO2. The maximum absolute atomic E-state index is 12.1. The van der Waals surface area contributed by atoms with Crippen LogP contribution in [0.25, 0.3) is 0 Å². The minimum absolute atomic E-state index is 0.0152. The van der Waals surface area contributed by atoms with E-state index in [9.17, 15) is 4.79 Å². The summed E-state index contributed by atoms with van der Waals surface area (Å²) in [6.45, 7) is 11.6. The highest BCUT2D eigenvalue weighted by Crippen LogP contribution is 2.21. The first-order valence-corrected chi connectivity index (χ1v) is 7.52. The zero-order valence-electron chi connectivity index (χ0n) is 12.8. The van der Waals surface area contributed by atoms with E-state index in [0.29, 0.717) is 0 Å².